The molecule has 0 unspecified atom stereocenters. The minimum Gasteiger partial charge on any atom is -0.338 e. The molecule has 0 aliphatic carbocycles. The number of benzene rings is 2. The van der Waals surface area contributed by atoms with Crippen molar-refractivity contribution in [2.75, 3.05) is 0 Å². The summed E-state index contributed by atoms with van der Waals surface area (Å²) in [7, 11) is -4.10. The third-order valence-corrected chi connectivity index (χ3v) is 3.55. The Balaban J connectivity index is 2.21. The van der Waals surface area contributed by atoms with Gasteiger partial charge in [0.15, 0.2) is 1.41 Å². The Labute approximate surface area is 112 Å². The number of imidazole rings is 1. The Hall–Kier alpha value is -2.18. The second kappa shape index (κ2) is 4.18. The summed E-state index contributed by atoms with van der Waals surface area (Å²) in [6.07, 6.45) is 0. The first-order valence-electron chi connectivity index (χ1n) is 6.35. The standard InChI is InChI=1S/C13H10N2O3S/c16-19(17,18)10-6-7-11-12(8-10)15-13(14-11)9-4-2-1-3-5-9/h1-8H,(H,14,15)(H,16,17,18)/i/hD2. The van der Waals surface area contributed by atoms with Crippen molar-refractivity contribution in [1.29, 1.82) is 1.43 Å². The number of aromatic amines is 1. The highest BCUT2D eigenvalue weighted by molar-refractivity contribution is 7.85. The lowest BCUT2D eigenvalue weighted by atomic mass is 10.2. The van der Waals surface area contributed by atoms with E-state index in [2.05, 4.69) is 9.54 Å². The molecule has 0 aliphatic rings. The Morgan fingerprint density at radius 2 is 2.00 bits per heavy atom. The largest absolute Gasteiger partial charge is 0.338 e. The smallest absolute Gasteiger partial charge is 0.294 e. The fraction of sp³-hybridized carbons (Fsp3) is 0. The zero-order valence-electron chi connectivity index (χ0n) is 11.6. The molecule has 2 aromatic carbocycles. The van der Waals surface area contributed by atoms with Gasteiger partial charge in [-0.2, -0.15) is 8.42 Å². The quantitative estimate of drug-likeness (QED) is 0.720. The summed E-state index contributed by atoms with van der Waals surface area (Å²) in [5.41, 5.74) is 1.57. The molecule has 0 atom stereocenters. The van der Waals surface area contributed by atoms with E-state index in [1.54, 1.807) is 0 Å². The highest BCUT2D eigenvalue weighted by atomic mass is 32.2. The molecule has 1 heterocycles. The third-order valence-electron chi connectivity index (χ3n) is 2.72. The van der Waals surface area contributed by atoms with Crippen molar-refractivity contribution in [2.24, 2.45) is 0 Å². The molecule has 1 aromatic heterocycles. The van der Waals surface area contributed by atoms with Crippen molar-refractivity contribution >= 4 is 21.2 Å². The van der Waals surface area contributed by atoms with E-state index in [4.69, 9.17) is 2.84 Å². The zero-order chi connectivity index (χ0) is 15.0. The van der Waals surface area contributed by atoms with Crippen LogP contribution in [0.25, 0.3) is 23.9 Å². The van der Waals surface area contributed by atoms with Gasteiger partial charge >= 0.3 is 0 Å². The Morgan fingerprint density at radius 3 is 2.74 bits per heavy atom. The van der Waals surface area contributed by atoms with E-state index in [0.717, 1.165) is 10.5 Å². The molecule has 2 N–H and O–H groups in total. The van der Waals surface area contributed by atoms with Gasteiger partial charge in [0.25, 0.3) is 10.1 Å². The Morgan fingerprint density at radius 1 is 1.21 bits per heavy atom. The fourth-order valence-electron chi connectivity index (χ4n) is 1.81. The maximum atomic E-state index is 11.5. The number of rotatable bonds is 3. The number of hydrogen-bond donors (Lipinski definition) is 2. The number of aromatic nitrogens is 2. The summed E-state index contributed by atoms with van der Waals surface area (Å²) in [6, 6.07) is 13.2. The summed E-state index contributed by atoms with van der Waals surface area (Å²) in [5.74, 6) is 0.409. The van der Waals surface area contributed by atoms with Crippen LogP contribution in [0.4, 0.5) is 0 Å². The van der Waals surface area contributed by atoms with Gasteiger partial charge < -0.3 is 4.98 Å². The van der Waals surface area contributed by atoms with Crippen LogP contribution in [0.5, 0.6) is 0 Å². The topological polar surface area (TPSA) is 83.0 Å². The molecule has 19 heavy (non-hydrogen) atoms. The van der Waals surface area contributed by atoms with Crippen LogP contribution in [0.1, 0.15) is 0 Å². The molecule has 3 rings (SSSR count). The van der Waals surface area contributed by atoms with E-state index in [0.29, 0.717) is 16.9 Å². The van der Waals surface area contributed by atoms with Crippen molar-refractivity contribution in [1.82, 2.24) is 9.96 Å². The first-order valence-corrected chi connectivity index (χ1v) is 6.91. The van der Waals surface area contributed by atoms with Crippen LogP contribution in [-0.2, 0) is 10.1 Å². The van der Waals surface area contributed by atoms with E-state index >= 15 is 0 Å². The fourth-order valence-corrected chi connectivity index (χ4v) is 2.30. The minimum absolute atomic E-state index is 0.164. The van der Waals surface area contributed by atoms with Crippen LogP contribution in [0.2, 0.25) is 1.41 Å². The maximum Gasteiger partial charge on any atom is 0.294 e. The molecule has 0 saturated heterocycles. The van der Waals surface area contributed by atoms with Crippen LogP contribution >= 0.6 is 0 Å². The summed E-state index contributed by atoms with van der Waals surface area (Å²) in [4.78, 5) is 5.26. The predicted molar refractivity (Wildman–Crippen MR) is 71.3 cm³/mol. The van der Waals surface area contributed by atoms with Crippen molar-refractivity contribution in [3.05, 3.63) is 48.5 Å². The third kappa shape index (κ3) is 2.23. The molecule has 5 nitrogen and oxygen atoms in total. The monoisotopic (exact) mass is 276 g/mol. The lowest BCUT2D eigenvalue weighted by Crippen LogP contribution is -1.97. The molecular formula is C13H10N2O3S. The first kappa shape index (κ1) is 9.71. The molecule has 3 aromatic rings. The van der Waals surface area contributed by atoms with Crippen LogP contribution in [0.15, 0.2) is 53.4 Å². The minimum atomic E-state index is -4.10. The van der Waals surface area contributed by atoms with Gasteiger partial charge in [-0.25, -0.2) is 4.98 Å². The molecule has 0 aliphatic heterocycles. The van der Waals surface area contributed by atoms with Gasteiger partial charge in [0.2, 0.25) is 1.43 Å². The van der Waals surface area contributed by atoms with Crippen LogP contribution in [0.3, 0.4) is 0 Å². The number of fused-ring (bicyclic) bond motifs is 1. The molecule has 0 amide bonds. The number of nitrogens with one attached hydrogen (secondary N) is 1. The average molecular weight is 276 g/mol. The van der Waals surface area contributed by atoms with E-state index in [1.807, 2.05) is 30.3 Å². The molecule has 0 spiro atoms. The molecule has 0 bridgehead atoms. The lowest BCUT2D eigenvalue weighted by molar-refractivity contribution is 0.483. The van der Waals surface area contributed by atoms with Gasteiger partial charge in [-0.05, 0) is 18.2 Å². The zero-order valence-corrected chi connectivity index (χ0v) is 10.5. The summed E-state index contributed by atoms with van der Waals surface area (Å²) < 4.78 is 41.4. The first-order chi connectivity index (χ1) is 10.0. The predicted octanol–water partition coefficient (Wildman–Crippen LogP) is 2.48. The Bertz CT molecular complexity index is 908. The summed E-state index contributed by atoms with van der Waals surface area (Å²) in [5, 5.41) is 0. The maximum absolute atomic E-state index is 11.5. The molecule has 96 valence electrons. The Kier molecular flexibility index (Phi) is 2.14. The van der Waals surface area contributed by atoms with Crippen molar-refractivity contribution < 1.29 is 14.4 Å². The lowest BCUT2D eigenvalue weighted by Gasteiger charge is -1.94. The van der Waals surface area contributed by atoms with E-state index in [1.165, 1.54) is 18.2 Å². The van der Waals surface area contributed by atoms with Crippen LogP contribution < -0.4 is 0 Å². The molecule has 0 radical (unpaired) electrons. The highest BCUT2D eigenvalue weighted by Crippen LogP contribution is 2.22. The number of hydrogen-bond acceptors (Lipinski definition) is 4. The molecule has 0 saturated carbocycles. The highest BCUT2D eigenvalue weighted by Gasteiger charge is 2.12. The SMILES string of the molecule is [2H]OS(=O)(=O)c1ccc2c(c1)nc(-c1ccccc1)n2[2H]. The van der Waals surface area contributed by atoms with Gasteiger partial charge in [0.05, 0.1) is 15.9 Å². The van der Waals surface area contributed by atoms with Gasteiger partial charge in [-0.1, -0.05) is 30.3 Å². The summed E-state index contributed by atoms with van der Waals surface area (Å²) >= 11 is 0. The van der Waals surface area contributed by atoms with Crippen LogP contribution in [-0.4, -0.2) is 22.9 Å². The van der Waals surface area contributed by atoms with Crippen molar-refractivity contribution in [2.45, 2.75) is 4.90 Å². The van der Waals surface area contributed by atoms with E-state index in [-0.39, 0.29) is 4.90 Å². The second-order valence-electron chi connectivity index (χ2n) is 4.02. The number of H-pyrrole nitrogens is 1. The molecule has 6 heteroatoms. The van der Waals surface area contributed by atoms with E-state index < -0.39 is 10.1 Å². The molecule has 0 fully saturated rings. The van der Waals surface area contributed by atoms with Gasteiger partial charge in [-0.3, -0.25) is 4.56 Å². The number of nitrogens with zero attached hydrogens (tertiary/aromatic N) is 1. The van der Waals surface area contributed by atoms with Crippen molar-refractivity contribution in [3.8, 4) is 11.4 Å². The normalized spacial score (nSPS) is 13.3. The summed E-state index contributed by atoms with van der Waals surface area (Å²) in [6.45, 7) is 0. The van der Waals surface area contributed by atoms with Gasteiger partial charge in [-0.15, -0.1) is 0 Å². The average Bonchev–Trinajstić information content (AvgIpc) is 2.85. The van der Waals surface area contributed by atoms with Crippen molar-refractivity contribution in [3.63, 3.8) is 0 Å². The van der Waals surface area contributed by atoms with Crippen LogP contribution in [0, 0.1) is 0 Å². The van der Waals surface area contributed by atoms with Gasteiger partial charge in [0, 0.05) is 5.56 Å². The molecular weight excluding hydrogens is 264 g/mol. The second-order valence-corrected chi connectivity index (χ2v) is 5.40. The van der Waals surface area contributed by atoms with Gasteiger partial charge in [0.1, 0.15) is 5.82 Å². The van der Waals surface area contributed by atoms with E-state index in [9.17, 15) is 8.42 Å².